The number of amidine groups is 1. The number of unbranched alkanes of at least 4 members (excludes halogenated alkanes) is 13. The molecule has 1 rings (SSSR count). The van der Waals surface area contributed by atoms with Crippen LogP contribution in [0.2, 0.25) is 0 Å². The van der Waals surface area contributed by atoms with Gasteiger partial charge in [0.2, 0.25) is 0 Å². The molecule has 1 unspecified atom stereocenters. The molecule has 24 heavy (non-hydrogen) atoms. The van der Waals surface area contributed by atoms with Crippen molar-refractivity contribution in [2.24, 2.45) is 10.7 Å². The normalized spacial score (nSPS) is 15.8. The van der Waals surface area contributed by atoms with Gasteiger partial charge in [-0.25, -0.2) is 0 Å². The van der Waals surface area contributed by atoms with Gasteiger partial charge in [0.05, 0.1) is 12.6 Å². The molecule has 0 fully saturated rings. The minimum atomic E-state index is 0.0964. The molecule has 1 aliphatic rings. The summed E-state index contributed by atoms with van der Waals surface area (Å²) >= 11 is 0. The first kappa shape index (κ1) is 21.5. The summed E-state index contributed by atoms with van der Waals surface area (Å²) in [7, 11) is 0. The number of hydrogen-bond acceptors (Lipinski definition) is 3. The Morgan fingerprint density at radius 3 is 1.75 bits per heavy atom. The summed E-state index contributed by atoms with van der Waals surface area (Å²) in [5, 5.41) is 0. The van der Waals surface area contributed by atoms with Crippen LogP contribution in [-0.2, 0) is 0 Å². The fourth-order valence-corrected chi connectivity index (χ4v) is 3.66. The van der Waals surface area contributed by atoms with Gasteiger partial charge in [-0.05, 0) is 13.3 Å². The van der Waals surface area contributed by atoms with Crippen molar-refractivity contribution in [1.82, 2.24) is 4.90 Å². The fourth-order valence-electron chi connectivity index (χ4n) is 3.66. The van der Waals surface area contributed by atoms with E-state index in [1.54, 1.807) is 0 Å². The Labute approximate surface area is 151 Å². The Balaban J connectivity index is 1.79. The minimum Gasteiger partial charge on any atom is -0.357 e. The molecule has 0 spiro atoms. The molecule has 0 bridgehead atoms. The third kappa shape index (κ3) is 10.3. The molecule has 3 nitrogen and oxygen atoms in total. The lowest BCUT2D eigenvalue weighted by atomic mass is 10.0. The SMILES string of the molecule is CCCCCCCCCCCCCCCCN1CCN=C1C(C)N. The van der Waals surface area contributed by atoms with Crippen LogP contribution in [0, 0.1) is 0 Å². The third-order valence-corrected chi connectivity index (χ3v) is 5.16. The third-order valence-electron chi connectivity index (χ3n) is 5.16. The maximum atomic E-state index is 5.97. The Morgan fingerprint density at radius 1 is 0.833 bits per heavy atom. The highest BCUT2D eigenvalue weighted by molar-refractivity contribution is 5.88. The van der Waals surface area contributed by atoms with E-state index in [9.17, 15) is 0 Å². The van der Waals surface area contributed by atoms with Gasteiger partial charge in [0.25, 0.3) is 0 Å². The zero-order valence-corrected chi connectivity index (χ0v) is 16.6. The number of hydrogen-bond donors (Lipinski definition) is 1. The van der Waals surface area contributed by atoms with E-state index in [0.717, 1.165) is 25.5 Å². The van der Waals surface area contributed by atoms with Crippen molar-refractivity contribution in [1.29, 1.82) is 0 Å². The lowest BCUT2D eigenvalue weighted by molar-refractivity contribution is 0.420. The minimum absolute atomic E-state index is 0.0964. The fraction of sp³-hybridized carbons (Fsp3) is 0.952. The maximum Gasteiger partial charge on any atom is 0.116 e. The summed E-state index contributed by atoms with van der Waals surface area (Å²) < 4.78 is 0. The summed E-state index contributed by atoms with van der Waals surface area (Å²) in [5.74, 6) is 1.13. The van der Waals surface area contributed by atoms with Gasteiger partial charge in [0, 0.05) is 13.1 Å². The highest BCUT2D eigenvalue weighted by Crippen LogP contribution is 2.13. The largest absolute Gasteiger partial charge is 0.357 e. The van der Waals surface area contributed by atoms with Crippen LogP contribution in [0.25, 0.3) is 0 Å². The van der Waals surface area contributed by atoms with Gasteiger partial charge >= 0.3 is 0 Å². The zero-order valence-electron chi connectivity index (χ0n) is 16.6. The Hall–Kier alpha value is -0.570. The molecule has 0 saturated carbocycles. The average Bonchev–Trinajstić information content (AvgIpc) is 3.04. The molecule has 0 aromatic carbocycles. The second kappa shape index (κ2) is 14.7. The lowest BCUT2D eigenvalue weighted by Crippen LogP contribution is -2.39. The van der Waals surface area contributed by atoms with Crippen molar-refractivity contribution < 1.29 is 0 Å². The molecule has 1 atom stereocenters. The van der Waals surface area contributed by atoms with Crippen molar-refractivity contribution >= 4 is 5.84 Å². The summed E-state index contributed by atoms with van der Waals surface area (Å²) in [5.41, 5.74) is 5.97. The van der Waals surface area contributed by atoms with E-state index < -0.39 is 0 Å². The van der Waals surface area contributed by atoms with Gasteiger partial charge in [0.15, 0.2) is 0 Å². The van der Waals surface area contributed by atoms with Crippen molar-refractivity contribution in [3.63, 3.8) is 0 Å². The Morgan fingerprint density at radius 2 is 1.29 bits per heavy atom. The van der Waals surface area contributed by atoms with E-state index in [1.807, 2.05) is 6.92 Å². The summed E-state index contributed by atoms with van der Waals surface area (Å²) in [4.78, 5) is 6.91. The monoisotopic (exact) mass is 337 g/mol. The van der Waals surface area contributed by atoms with Crippen molar-refractivity contribution in [2.45, 2.75) is 110 Å². The van der Waals surface area contributed by atoms with E-state index in [4.69, 9.17) is 5.73 Å². The standard InChI is InChI=1S/C21H43N3/c1-3-4-5-6-7-8-9-10-11-12-13-14-15-16-18-24-19-17-23-21(24)20(2)22/h20H,3-19,22H2,1-2H3. The van der Waals surface area contributed by atoms with Gasteiger partial charge in [0.1, 0.15) is 5.84 Å². The van der Waals surface area contributed by atoms with Gasteiger partial charge < -0.3 is 10.6 Å². The first-order valence-corrected chi connectivity index (χ1v) is 10.8. The molecular weight excluding hydrogens is 294 g/mol. The van der Waals surface area contributed by atoms with Crippen molar-refractivity contribution in [3.8, 4) is 0 Å². The second-order valence-electron chi connectivity index (χ2n) is 7.61. The van der Waals surface area contributed by atoms with Crippen LogP contribution in [-0.4, -0.2) is 36.4 Å². The topological polar surface area (TPSA) is 41.6 Å². The highest BCUT2D eigenvalue weighted by atomic mass is 15.2. The molecule has 0 aromatic heterocycles. The van der Waals surface area contributed by atoms with Crippen LogP contribution >= 0.6 is 0 Å². The van der Waals surface area contributed by atoms with Crippen LogP contribution in [0.1, 0.15) is 104 Å². The molecular formula is C21H43N3. The average molecular weight is 338 g/mol. The highest BCUT2D eigenvalue weighted by Gasteiger charge is 2.18. The van der Waals surface area contributed by atoms with E-state index >= 15 is 0 Å². The first-order valence-electron chi connectivity index (χ1n) is 10.8. The molecule has 1 heterocycles. The van der Waals surface area contributed by atoms with Gasteiger partial charge in [-0.1, -0.05) is 90.4 Å². The number of rotatable bonds is 16. The van der Waals surface area contributed by atoms with E-state index in [0.29, 0.717) is 0 Å². The number of aliphatic imine (C=N–C) groups is 1. The first-order chi connectivity index (χ1) is 11.8. The predicted molar refractivity (Wildman–Crippen MR) is 108 cm³/mol. The van der Waals surface area contributed by atoms with Crippen LogP contribution in [0.3, 0.4) is 0 Å². The summed E-state index contributed by atoms with van der Waals surface area (Å²) in [6.07, 6.45) is 19.9. The summed E-state index contributed by atoms with van der Waals surface area (Å²) in [6, 6.07) is 0.0964. The second-order valence-corrected chi connectivity index (χ2v) is 7.61. The van der Waals surface area contributed by atoms with Gasteiger partial charge in [-0.15, -0.1) is 0 Å². The lowest BCUT2D eigenvalue weighted by Gasteiger charge is -2.22. The molecule has 0 aliphatic carbocycles. The number of nitrogens with zero attached hydrogens (tertiary/aromatic N) is 2. The molecule has 0 radical (unpaired) electrons. The molecule has 0 saturated heterocycles. The molecule has 3 heteroatoms. The van der Waals surface area contributed by atoms with Crippen LogP contribution in [0.15, 0.2) is 4.99 Å². The quantitative estimate of drug-likeness (QED) is 0.376. The van der Waals surface area contributed by atoms with Crippen molar-refractivity contribution in [3.05, 3.63) is 0 Å². The molecule has 142 valence electrons. The van der Waals surface area contributed by atoms with Crippen LogP contribution < -0.4 is 5.73 Å². The van der Waals surface area contributed by atoms with E-state index in [1.165, 1.54) is 89.9 Å². The molecule has 1 aliphatic heterocycles. The number of nitrogens with two attached hydrogens (primary N) is 1. The maximum absolute atomic E-state index is 5.97. The molecule has 0 aromatic rings. The van der Waals surface area contributed by atoms with Crippen LogP contribution in [0.4, 0.5) is 0 Å². The smallest absolute Gasteiger partial charge is 0.116 e. The molecule has 2 N–H and O–H groups in total. The Kier molecular flexibility index (Phi) is 13.2. The van der Waals surface area contributed by atoms with Crippen LogP contribution in [0.5, 0.6) is 0 Å². The van der Waals surface area contributed by atoms with Gasteiger partial charge in [-0.3, -0.25) is 4.99 Å². The van der Waals surface area contributed by atoms with E-state index in [-0.39, 0.29) is 6.04 Å². The van der Waals surface area contributed by atoms with E-state index in [2.05, 4.69) is 16.8 Å². The summed E-state index contributed by atoms with van der Waals surface area (Å²) in [6.45, 7) is 7.50. The van der Waals surface area contributed by atoms with Crippen molar-refractivity contribution in [2.75, 3.05) is 19.6 Å². The Bertz CT molecular complexity index is 312. The molecule has 0 amide bonds. The van der Waals surface area contributed by atoms with Gasteiger partial charge in [-0.2, -0.15) is 0 Å². The zero-order chi connectivity index (χ0) is 17.5. The predicted octanol–water partition coefficient (Wildman–Crippen LogP) is 5.53.